The van der Waals surface area contributed by atoms with E-state index in [-0.39, 0.29) is 18.1 Å². The second kappa shape index (κ2) is 8.81. The fraction of sp³-hybridized carbons (Fsp3) is 0.333. The van der Waals surface area contributed by atoms with Gasteiger partial charge in [0.1, 0.15) is 17.2 Å². The van der Waals surface area contributed by atoms with Gasteiger partial charge in [-0.05, 0) is 44.2 Å². The van der Waals surface area contributed by atoms with Crippen LogP contribution < -0.4 is 9.47 Å². The maximum Gasteiger partial charge on any atom is 0.257 e. The molecule has 0 aliphatic carbocycles. The zero-order valence-corrected chi connectivity index (χ0v) is 18.2. The Morgan fingerprint density at radius 2 is 1.74 bits per heavy atom. The molecular weight excluding hydrogens is 394 g/mol. The first-order chi connectivity index (χ1) is 15.0. The number of hydrogen-bond acceptors (Lipinski definition) is 5. The number of amides is 1. The highest BCUT2D eigenvalue weighted by Gasteiger charge is 2.30. The number of morpholine rings is 1. The summed E-state index contributed by atoms with van der Waals surface area (Å²) >= 11 is 0. The zero-order valence-electron chi connectivity index (χ0n) is 18.2. The molecule has 31 heavy (non-hydrogen) atoms. The minimum Gasteiger partial charge on any atom is -0.497 e. The Kier molecular flexibility index (Phi) is 5.95. The van der Waals surface area contributed by atoms with Crippen LogP contribution in [-0.2, 0) is 4.74 Å². The number of ether oxygens (including phenoxy) is 3. The number of methoxy groups -OCH3 is 2. The van der Waals surface area contributed by atoms with Gasteiger partial charge in [-0.15, -0.1) is 0 Å². The lowest BCUT2D eigenvalue weighted by Gasteiger charge is -2.35. The fourth-order valence-electron chi connectivity index (χ4n) is 3.96. The van der Waals surface area contributed by atoms with Crippen molar-refractivity contribution in [3.8, 4) is 28.4 Å². The van der Waals surface area contributed by atoms with Crippen LogP contribution in [0, 0.1) is 0 Å². The molecule has 0 N–H and O–H groups in total. The Bertz CT molecular complexity index is 1050. The van der Waals surface area contributed by atoms with Crippen LogP contribution in [0.3, 0.4) is 0 Å². The fourth-order valence-corrected chi connectivity index (χ4v) is 3.96. The molecule has 1 aliphatic heterocycles. The van der Waals surface area contributed by atoms with Crippen LogP contribution in [0.25, 0.3) is 16.9 Å². The summed E-state index contributed by atoms with van der Waals surface area (Å²) in [5.74, 6) is 1.21. The van der Waals surface area contributed by atoms with Crippen LogP contribution in [-0.4, -0.2) is 60.1 Å². The first kappa shape index (κ1) is 20.9. The highest BCUT2D eigenvalue weighted by molar-refractivity contribution is 6.00. The monoisotopic (exact) mass is 421 g/mol. The van der Waals surface area contributed by atoms with E-state index in [0.29, 0.717) is 41.4 Å². The molecule has 1 aliphatic rings. The molecule has 0 bridgehead atoms. The van der Waals surface area contributed by atoms with Crippen molar-refractivity contribution in [2.45, 2.75) is 26.1 Å². The van der Waals surface area contributed by atoms with Gasteiger partial charge < -0.3 is 19.1 Å². The van der Waals surface area contributed by atoms with Gasteiger partial charge in [0.05, 0.1) is 37.7 Å². The minimum atomic E-state index is -0.0796. The molecule has 0 radical (unpaired) electrons. The highest BCUT2D eigenvalue weighted by Crippen LogP contribution is 2.35. The van der Waals surface area contributed by atoms with E-state index < -0.39 is 0 Å². The molecule has 1 aromatic heterocycles. The van der Waals surface area contributed by atoms with Crippen molar-refractivity contribution >= 4 is 5.91 Å². The van der Waals surface area contributed by atoms with E-state index in [1.807, 2.05) is 67.3 Å². The van der Waals surface area contributed by atoms with E-state index in [9.17, 15) is 4.79 Å². The average molecular weight is 421 g/mol. The molecular formula is C24H27N3O4. The lowest BCUT2D eigenvalue weighted by molar-refractivity contribution is -0.0586. The predicted octanol–water partition coefficient (Wildman–Crippen LogP) is 3.81. The van der Waals surface area contributed by atoms with Crippen LogP contribution in [0.4, 0.5) is 0 Å². The van der Waals surface area contributed by atoms with Gasteiger partial charge in [0.15, 0.2) is 0 Å². The van der Waals surface area contributed by atoms with Crippen molar-refractivity contribution in [2.75, 3.05) is 27.3 Å². The lowest BCUT2D eigenvalue weighted by Crippen LogP contribution is -2.48. The SMILES string of the molecule is COc1ccc(OC)c(-c2nn(-c3ccccc3)cc2C(=O)N2C[C@H](C)O[C@@H](C)C2)c1. The van der Waals surface area contributed by atoms with Crippen molar-refractivity contribution < 1.29 is 19.0 Å². The third kappa shape index (κ3) is 4.27. The molecule has 0 spiro atoms. The average Bonchev–Trinajstić information content (AvgIpc) is 3.23. The Hall–Kier alpha value is -3.32. The van der Waals surface area contributed by atoms with Gasteiger partial charge in [0.25, 0.3) is 5.91 Å². The number of para-hydroxylation sites is 1. The summed E-state index contributed by atoms with van der Waals surface area (Å²) in [6.07, 6.45) is 1.75. The van der Waals surface area contributed by atoms with E-state index in [1.54, 1.807) is 25.1 Å². The molecule has 1 fully saturated rings. The summed E-state index contributed by atoms with van der Waals surface area (Å²) in [6, 6.07) is 15.2. The van der Waals surface area contributed by atoms with Crippen molar-refractivity contribution in [2.24, 2.45) is 0 Å². The van der Waals surface area contributed by atoms with Gasteiger partial charge in [0, 0.05) is 24.8 Å². The molecule has 1 amide bonds. The van der Waals surface area contributed by atoms with E-state index in [4.69, 9.17) is 19.3 Å². The minimum absolute atomic E-state index is 0.0216. The van der Waals surface area contributed by atoms with E-state index >= 15 is 0 Å². The van der Waals surface area contributed by atoms with Crippen LogP contribution in [0.15, 0.2) is 54.7 Å². The largest absolute Gasteiger partial charge is 0.497 e. The second-order valence-electron chi connectivity index (χ2n) is 7.71. The number of hydrogen-bond donors (Lipinski definition) is 0. The summed E-state index contributed by atoms with van der Waals surface area (Å²) in [4.78, 5) is 15.5. The normalized spacial score (nSPS) is 18.6. The molecule has 2 heterocycles. The van der Waals surface area contributed by atoms with Gasteiger partial charge in [-0.3, -0.25) is 4.79 Å². The zero-order chi connectivity index (χ0) is 22.0. The second-order valence-corrected chi connectivity index (χ2v) is 7.71. The molecule has 3 aromatic rings. The van der Waals surface area contributed by atoms with Crippen LogP contribution in [0.1, 0.15) is 24.2 Å². The van der Waals surface area contributed by atoms with Crippen LogP contribution >= 0.6 is 0 Å². The molecule has 1 saturated heterocycles. The van der Waals surface area contributed by atoms with Crippen LogP contribution in [0.5, 0.6) is 11.5 Å². The smallest absolute Gasteiger partial charge is 0.257 e. The third-order valence-electron chi connectivity index (χ3n) is 5.33. The Balaban J connectivity index is 1.84. The molecule has 2 aromatic carbocycles. The van der Waals surface area contributed by atoms with Crippen LogP contribution in [0.2, 0.25) is 0 Å². The first-order valence-corrected chi connectivity index (χ1v) is 10.3. The van der Waals surface area contributed by atoms with Gasteiger partial charge in [-0.25, -0.2) is 4.68 Å². The summed E-state index contributed by atoms with van der Waals surface area (Å²) in [5, 5.41) is 4.79. The number of aromatic nitrogens is 2. The maximum atomic E-state index is 13.6. The summed E-state index contributed by atoms with van der Waals surface area (Å²) in [5.41, 5.74) is 2.63. The number of benzene rings is 2. The number of carbonyl (C=O) groups is 1. The van der Waals surface area contributed by atoms with Gasteiger partial charge in [-0.2, -0.15) is 5.10 Å². The summed E-state index contributed by atoms with van der Waals surface area (Å²) in [6.45, 7) is 5.04. The predicted molar refractivity (Wildman–Crippen MR) is 118 cm³/mol. The lowest BCUT2D eigenvalue weighted by atomic mass is 10.0. The summed E-state index contributed by atoms with van der Waals surface area (Å²) in [7, 11) is 3.21. The number of rotatable bonds is 5. The van der Waals surface area contributed by atoms with E-state index in [2.05, 4.69) is 0 Å². The Morgan fingerprint density at radius 3 is 2.39 bits per heavy atom. The summed E-state index contributed by atoms with van der Waals surface area (Å²) < 4.78 is 18.5. The topological polar surface area (TPSA) is 65.8 Å². The van der Waals surface area contributed by atoms with Crippen molar-refractivity contribution in [1.82, 2.24) is 14.7 Å². The molecule has 7 heteroatoms. The van der Waals surface area contributed by atoms with Crippen molar-refractivity contribution in [1.29, 1.82) is 0 Å². The Labute approximate surface area is 182 Å². The maximum absolute atomic E-state index is 13.6. The quantitative estimate of drug-likeness (QED) is 0.627. The van der Waals surface area contributed by atoms with E-state index in [1.165, 1.54) is 0 Å². The third-order valence-corrected chi connectivity index (χ3v) is 5.33. The highest BCUT2D eigenvalue weighted by atomic mass is 16.5. The van der Waals surface area contributed by atoms with Gasteiger partial charge >= 0.3 is 0 Å². The number of carbonyl (C=O) groups excluding carboxylic acids is 1. The molecule has 2 atom stereocenters. The van der Waals surface area contributed by atoms with Gasteiger partial charge in [-0.1, -0.05) is 18.2 Å². The van der Waals surface area contributed by atoms with Crippen molar-refractivity contribution in [3.05, 3.63) is 60.3 Å². The molecule has 0 unspecified atom stereocenters. The molecule has 162 valence electrons. The van der Waals surface area contributed by atoms with Crippen molar-refractivity contribution in [3.63, 3.8) is 0 Å². The van der Waals surface area contributed by atoms with Gasteiger partial charge in [0.2, 0.25) is 0 Å². The first-order valence-electron chi connectivity index (χ1n) is 10.3. The molecule has 4 rings (SSSR count). The van der Waals surface area contributed by atoms with E-state index in [0.717, 1.165) is 5.69 Å². The number of nitrogens with zero attached hydrogens (tertiary/aromatic N) is 3. The standard InChI is InChI=1S/C24H27N3O4/c1-16-13-26(14-17(2)31-16)24(28)21-15-27(18-8-6-5-7-9-18)25-23(21)20-12-19(29-3)10-11-22(20)30-4/h5-12,15-17H,13-14H2,1-4H3/t16-,17-/m0/s1. The Morgan fingerprint density at radius 1 is 1.03 bits per heavy atom. The molecule has 7 nitrogen and oxygen atoms in total. The molecule has 0 saturated carbocycles.